The van der Waals surface area contributed by atoms with Crippen molar-refractivity contribution in [3.8, 4) is 22.9 Å². The molecule has 4 heterocycles. The number of nitrogens with one attached hydrogen (secondary N) is 1. The van der Waals surface area contributed by atoms with Gasteiger partial charge in [-0.15, -0.1) is 0 Å². The number of carboxylic acid groups (broad SMARTS) is 1. The molecular formula is C42H42N8O7. The number of para-hydroxylation sites is 2. The van der Waals surface area contributed by atoms with Crippen LogP contribution < -0.4 is 11.1 Å². The van der Waals surface area contributed by atoms with Gasteiger partial charge in [0.05, 0.1) is 26.3 Å². The summed E-state index contributed by atoms with van der Waals surface area (Å²) in [5.41, 5.74) is 15.0. The molecule has 0 atom stereocenters. The monoisotopic (exact) mass is 770 g/mol. The maximum atomic E-state index is 12.5. The lowest BCUT2D eigenvalue weighted by molar-refractivity contribution is 0.0680. The number of ether oxygens (including phenoxy) is 2. The molecule has 15 heteroatoms. The van der Waals surface area contributed by atoms with Gasteiger partial charge in [-0.2, -0.15) is 10.2 Å². The van der Waals surface area contributed by atoms with Crippen LogP contribution in [0.25, 0.3) is 45.1 Å². The van der Waals surface area contributed by atoms with Crippen LogP contribution in [0, 0.1) is 13.8 Å². The van der Waals surface area contributed by atoms with E-state index in [-0.39, 0.29) is 11.6 Å². The lowest BCUT2D eigenvalue weighted by Crippen LogP contribution is -2.19. The number of aromatic nitrogens is 6. The van der Waals surface area contributed by atoms with E-state index in [4.69, 9.17) is 29.1 Å². The van der Waals surface area contributed by atoms with Crippen molar-refractivity contribution in [2.75, 3.05) is 38.5 Å². The number of aromatic carboxylic acids is 1. The number of carbonyl (C=O) groups excluding carboxylic acids is 1. The summed E-state index contributed by atoms with van der Waals surface area (Å²) < 4.78 is 24.5. The topological polar surface area (TPSA) is 199 Å². The van der Waals surface area contributed by atoms with Crippen molar-refractivity contribution in [1.29, 1.82) is 0 Å². The molecule has 4 N–H and O–H groups in total. The molecule has 4 aromatic carbocycles. The van der Waals surface area contributed by atoms with E-state index >= 15 is 0 Å². The van der Waals surface area contributed by atoms with Gasteiger partial charge in [-0.05, 0) is 97.8 Å². The maximum Gasteiger partial charge on any atom is 0.354 e. The summed E-state index contributed by atoms with van der Waals surface area (Å²) in [6, 6.07) is 29.9. The number of methoxy groups -OCH3 is 2. The quantitative estimate of drug-likeness (QED) is 0.110. The number of carboxylic acids is 1. The molecule has 0 unspecified atom stereocenters. The summed E-state index contributed by atoms with van der Waals surface area (Å²) in [6.07, 6.45) is 3.06. The van der Waals surface area contributed by atoms with E-state index in [1.165, 1.54) is 16.9 Å². The number of rotatable bonds is 11. The van der Waals surface area contributed by atoms with Crippen molar-refractivity contribution in [1.82, 2.24) is 29.5 Å². The number of oxazole rings is 2. The third-order valence-corrected chi connectivity index (χ3v) is 8.67. The van der Waals surface area contributed by atoms with Gasteiger partial charge in [0.15, 0.2) is 11.2 Å². The molecule has 0 saturated heterocycles. The Labute approximate surface area is 327 Å². The zero-order valence-electron chi connectivity index (χ0n) is 31.9. The van der Waals surface area contributed by atoms with E-state index in [0.29, 0.717) is 49.5 Å². The third kappa shape index (κ3) is 9.77. The molecule has 57 heavy (non-hydrogen) atoms. The Bertz CT molecular complexity index is 2570. The number of benzene rings is 4. The second-order valence-electron chi connectivity index (χ2n) is 12.7. The van der Waals surface area contributed by atoms with Crippen molar-refractivity contribution in [2.24, 2.45) is 0 Å². The van der Waals surface area contributed by atoms with E-state index in [9.17, 15) is 9.59 Å². The molecule has 0 saturated carbocycles. The van der Waals surface area contributed by atoms with Gasteiger partial charge in [0.2, 0.25) is 11.8 Å². The molecule has 0 aliphatic rings. The molecule has 4 aromatic heterocycles. The number of carbonyl (C=O) groups is 2. The molecule has 15 nitrogen and oxygen atoms in total. The van der Waals surface area contributed by atoms with E-state index in [1.54, 1.807) is 31.2 Å². The van der Waals surface area contributed by atoms with Gasteiger partial charge in [-0.1, -0.05) is 24.3 Å². The van der Waals surface area contributed by atoms with E-state index in [1.807, 2.05) is 98.8 Å². The van der Waals surface area contributed by atoms with Gasteiger partial charge in [0.1, 0.15) is 22.4 Å². The van der Waals surface area contributed by atoms with Gasteiger partial charge in [-0.25, -0.2) is 14.8 Å². The first-order chi connectivity index (χ1) is 27.6. The SMILES string of the molecule is COCCn1nccc1C(=O)Nc1ccc(-c2nc3cccc(C)c3o2)cc1.COCCn1nccc1C(=O)O.Cc1cccc2nc(-c3ccc(N)cc3)oc12. The van der Waals surface area contributed by atoms with Gasteiger partial charge in [-0.3, -0.25) is 14.2 Å². The van der Waals surface area contributed by atoms with Crippen molar-refractivity contribution in [2.45, 2.75) is 26.9 Å². The minimum Gasteiger partial charge on any atom is -0.477 e. The number of hydrogen-bond donors (Lipinski definition) is 3. The average Bonchev–Trinajstić information content (AvgIpc) is 4.04. The van der Waals surface area contributed by atoms with Crippen LogP contribution in [0.3, 0.4) is 0 Å². The fourth-order valence-electron chi connectivity index (χ4n) is 5.69. The van der Waals surface area contributed by atoms with Crippen LogP contribution in [-0.4, -0.2) is 73.9 Å². The molecule has 0 radical (unpaired) electrons. The van der Waals surface area contributed by atoms with E-state index in [2.05, 4.69) is 25.5 Å². The van der Waals surface area contributed by atoms with Crippen LogP contribution in [0.15, 0.2) is 118 Å². The summed E-state index contributed by atoms with van der Waals surface area (Å²) in [7, 11) is 3.17. The molecule has 8 aromatic rings. The number of nitrogens with zero attached hydrogens (tertiary/aromatic N) is 6. The molecular weight excluding hydrogens is 729 g/mol. The summed E-state index contributed by atoms with van der Waals surface area (Å²) in [5.74, 6) is -0.00318. The number of nitrogens with two attached hydrogens (primary N) is 1. The van der Waals surface area contributed by atoms with Gasteiger partial charge in [0.25, 0.3) is 5.91 Å². The molecule has 0 fully saturated rings. The smallest absolute Gasteiger partial charge is 0.354 e. The van der Waals surface area contributed by atoms with Crippen molar-refractivity contribution >= 4 is 45.5 Å². The number of anilines is 2. The van der Waals surface area contributed by atoms with Crippen molar-refractivity contribution in [3.05, 3.63) is 132 Å². The number of amides is 1. The minimum absolute atomic E-state index is 0.187. The standard InChI is InChI=1S/C21H20N4O3.C14H12N2O.C7H10N2O3/c1-14-4-3-5-17-19(14)28-21(24-17)15-6-8-16(9-7-15)23-20(26)18-10-11-22-25(18)12-13-27-2;1-9-3-2-4-12-13(9)17-14(16-12)10-5-7-11(15)8-6-10;1-12-5-4-9-6(7(10)11)2-3-8-9/h3-11H,12-13H2,1-2H3,(H,23,26);2-8H,15H2,1H3;2-3H,4-5H2,1H3,(H,10,11). The molecule has 0 aliphatic carbocycles. The normalized spacial score (nSPS) is 10.8. The fourth-order valence-corrected chi connectivity index (χ4v) is 5.69. The molecule has 0 aliphatic heterocycles. The Balaban J connectivity index is 0.000000160. The van der Waals surface area contributed by atoms with Crippen LogP contribution in [0.4, 0.5) is 11.4 Å². The van der Waals surface area contributed by atoms with Crippen molar-refractivity contribution < 1.29 is 33.0 Å². The fraction of sp³-hybridized carbons (Fsp3) is 0.190. The Kier molecular flexibility index (Phi) is 12.8. The maximum absolute atomic E-state index is 12.5. The highest BCUT2D eigenvalue weighted by atomic mass is 16.5. The van der Waals surface area contributed by atoms with Gasteiger partial charge in [0, 0.05) is 49.1 Å². The summed E-state index contributed by atoms with van der Waals surface area (Å²) in [5, 5.41) is 19.5. The predicted octanol–water partition coefficient (Wildman–Crippen LogP) is 7.51. The Morgan fingerprint density at radius 2 is 1.16 bits per heavy atom. The summed E-state index contributed by atoms with van der Waals surface area (Å²) in [4.78, 5) is 32.1. The van der Waals surface area contributed by atoms with Crippen LogP contribution in [0.5, 0.6) is 0 Å². The zero-order chi connectivity index (χ0) is 40.3. The van der Waals surface area contributed by atoms with Crippen molar-refractivity contribution in [3.63, 3.8) is 0 Å². The molecule has 0 bridgehead atoms. The van der Waals surface area contributed by atoms with E-state index < -0.39 is 5.97 Å². The predicted molar refractivity (Wildman–Crippen MR) is 216 cm³/mol. The van der Waals surface area contributed by atoms with E-state index in [0.717, 1.165) is 50.1 Å². The Morgan fingerprint density at radius 3 is 1.63 bits per heavy atom. The number of aryl methyl sites for hydroxylation is 2. The second kappa shape index (κ2) is 18.5. The van der Waals surface area contributed by atoms with Crippen LogP contribution in [-0.2, 0) is 22.6 Å². The number of hydrogen-bond acceptors (Lipinski definition) is 11. The Morgan fingerprint density at radius 1 is 0.684 bits per heavy atom. The van der Waals surface area contributed by atoms with Crippen LogP contribution in [0.1, 0.15) is 32.1 Å². The zero-order valence-corrected chi connectivity index (χ0v) is 31.9. The highest BCUT2D eigenvalue weighted by molar-refractivity contribution is 6.03. The molecule has 0 spiro atoms. The lowest BCUT2D eigenvalue weighted by atomic mass is 10.2. The minimum atomic E-state index is -0.969. The highest BCUT2D eigenvalue weighted by Gasteiger charge is 2.14. The second-order valence-corrected chi connectivity index (χ2v) is 12.7. The number of nitrogen functional groups attached to an aromatic ring is 1. The first-order valence-corrected chi connectivity index (χ1v) is 17.9. The Hall–Kier alpha value is -7.10. The first-order valence-electron chi connectivity index (χ1n) is 17.9. The van der Waals surface area contributed by atoms with Crippen LogP contribution >= 0.6 is 0 Å². The summed E-state index contributed by atoms with van der Waals surface area (Å²) in [6.45, 7) is 5.93. The lowest BCUT2D eigenvalue weighted by Gasteiger charge is -2.08. The molecule has 8 rings (SSSR count). The van der Waals surface area contributed by atoms with Gasteiger partial charge >= 0.3 is 5.97 Å². The molecule has 1 amide bonds. The van der Waals surface area contributed by atoms with Gasteiger partial charge < -0.3 is 34.5 Å². The first kappa shape index (κ1) is 39.6. The third-order valence-electron chi connectivity index (χ3n) is 8.67. The highest BCUT2D eigenvalue weighted by Crippen LogP contribution is 2.28. The largest absolute Gasteiger partial charge is 0.477 e. The number of fused-ring (bicyclic) bond motifs is 2. The summed E-state index contributed by atoms with van der Waals surface area (Å²) >= 11 is 0. The average molecular weight is 771 g/mol. The molecule has 292 valence electrons. The van der Waals surface area contributed by atoms with Crippen LogP contribution in [0.2, 0.25) is 0 Å².